The van der Waals surface area contributed by atoms with Gasteiger partial charge in [-0.3, -0.25) is 0 Å². The van der Waals surface area contributed by atoms with E-state index in [0.29, 0.717) is 11.3 Å². The van der Waals surface area contributed by atoms with Gasteiger partial charge < -0.3 is 9.15 Å². The van der Waals surface area contributed by atoms with Crippen molar-refractivity contribution in [2.45, 2.75) is 0 Å². The van der Waals surface area contributed by atoms with E-state index in [1.54, 1.807) is 13.2 Å². The third-order valence-electron chi connectivity index (χ3n) is 4.27. The molecule has 0 amide bonds. The summed E-state index contributed by atoms with van der Waals surface area (Å²) >= 11 is 0. The van der Waals surface area contributed by atoms with Gasteiger partial charge in [-0.2, -0.15) is 0 Å². The largest absolute Gasteiger partial charge is 0.497 e. The molecule has 0 radical (unpaired) electrons. The molecule has 1 heterocycles. The summed E-state index contributed by atoms with van der Waals surface area (Å²) in [5.41, 5.74) is 3.76. The van der Waals surface area contributed by atoms with Crippen LogP contribution in [0.1, 0.15) is 11.1 Å². The minimum atomic E-state index is -0.390. The molecule has 0 unspecified atom stereocenters. The van der Waals surface area contributed by atoms with Gasteiger partial charge in [-0.25, -0.2) is 4.79 Å². The van der Waals surface area contributed by atoms with Crippen LogP contribution in [-0.2, 0) is 0 Å². The average molecular weight is 352 g/mol. The van der Waals surface area contributed by atoms with Gasteiger partial charge in [0.05, 0.1) is 7.11 Å². The van der Waals surface area contributed by atoms with E-state index in [9.17, 15) is 4.79 Å². The summed E-state index contributed by atoms with van der Waals surface area (Å²) in [4.78, 5) is 12.0. The SMILES string of the molecule is COc1ccc2c(-c3ccc(C#Cc4ccccc4)cc3)cc(=O)oc2c1. The van der Waals surface area contributed by atoms with Crippen LogP contribution >= 0.6 is 0 Å². The van der Waals surface area contributed by atoms with Crippen molar-refractivity contribution in [2.75, 3.05) is 7.11 Å². The van der Waals surface area contributed by atoms with E-state index in [0.717, 1.165) is 27.6 Å². The highest BCUT2D eigenvalue weighted by molar-refractivity contribution is 5.93. The van der Waals surface area contributed by atoms with Crippen LogP contribution in [0.4, 0.5) is 0 Å². The number of hydrogen-bond acceptors (Lipinski definition) is 3. The lowest BCUT2D eigenvalue weighted by molar-refractivity contribution is 0.414. The maximum Gasteiger partial charge on any atom is 0.336 e. The van der Waals surface area contributed by atoms with Gasteiger partial charge in [0.15, 0.2) is 0 Å². The standard InChI is InChI=1S/C24H16O3/c1-26-20-13-14-21-22(16-24(25)27-23(21)15-20)19-11-9-18(10-12-19)8-7-17-5-3-2-4-6-17/h2-6,9-16H,1H3. The zero-order chi connectivity index (χ0) is 18.6. The summed E-state index contributed by atoms with van der Waals surface area (Å²) in [6, 6.07) is 24.7. The topological polar surface area (TPSA) is 39.4 Å². The van der Waals surface area contributed by atoms with Crippen molar-refractivity contribution in [3.8, 4) is 28.7 Å². The molecule has 4 aromatic rings. The van der Waals surface area contributed by atoms with Crippen LogP contribution in [0.3, 0.4) is 0 Å². The smallest absolute Gasteiger partial charge is 0.336 e. The Labute approximate surface area is 156 Å². The van der Waals surface area contributed by atoms with Gasteiger partial charge in [-0.1, -0.05) is 42.2 Å². The molecule has 0 atom stereocenters. The lowest BCUT2D eigenvalue weighted by atomic mass is 10.0. The van der Waals surface area contributed by atoms with Crippen molar-refractivity contribution in [1.82, 2.24) is 0 Å². The number of ether oxygens (including phenoxy) is 1. The molecule has 3 heteroatoms. The van der Waals surface area contributed by atoms with E-state index in [-0.39, 0.29) is 0 Å². The van der Waals surface area contributed by atoms with Crippen molar-refractivity contribution >= 4 is 11.0 Å². The molecule has 3 aromatic carbocycles. The molecule has 0 aliphatic carbocycles. The molecule has 3 nitrogen and oxygen atoms in total. The summed E-state index contributed by atoms with van der Waals surface area (Å²) < 4.78 is 10.5. The van der Waals surface area contributed by atoms with Crippen LogP contribution < -0.4 is 10.4 Å². The lowest BCUT2D eigenvalue weighted by Gasteiger charge is -2.07. The Morgan fingerprint density at radius 2 is 1.52 bits per heavy atom. The predicted octanol–water partition coefficient (Wildman–Crippen LogP) is 4.87. The molecule has 0 spiro atoms. The third-order valence-corrected chi connectivity index (χ3v) is 4.27. The van der Waals surface area contributed by atoms with Gasteiger partial charge in [0.2, 0.25) is 0 Å². The molecule has 1 aromatic heterocycles. The van der Waals surface area contributed by atoms with Gasteiger partial charge >= 0.3 is 5.63 Å². The first-order valence-corrected chi connectivity index (χ1v) is 8.52. The molecule has 0 N–H and O–H groups in total. The van der Waals surface area contributed by atoms with E-state index in [2.05, 4.69) is 11.8 Å². The fourth-order valence-electron chi connectivity index (χ4n) is 2.91. The molecule has 0 aliphatic rings. The quantitative estimate of drug-likeness (QED) is 0.382. The van der Waals surface area contributed by atoms with Crippen molar-refractivity contribution in [3.05, 3.63) is 100 Å². The van der Waals surface area contributed by atoms with Crippen LogP contribution in [0.5, 0.6) is 5.75 Å². The highest BCUT2D eigenvalue weighted by Gasteiger charge is 2.09. The van der Waals surface area contributed by atoms with E-state index in [4.69, 9.17) is 9.15 Å². The van der Waals surface area contributed by atoms with Crippen LogP contribution in [0.25, 0.3) is 22.1 Å². The summed E-state index contributed by atoms with van der Waals surface area (Å²) in [5.74, 6) is 6.95. The molecule has 0 fully saturated rings. The highest BCUT2D eigenvalue weighted by atomic mass is 16.5. The Bertz CT molecular complexity index is 1210. The monoisotopic (exact) mass is 352 g/mol. The Morgan fingerprint density at radius 3 is 2.22 bits per heavy atom. The molecule has 27 heavy (non-hydrogen) atoms. The second-order valence-electron chi connectivity index (χ2n) is 6.03. The molecule has 0 aliphatic heterocycles. The second kappa shape index (κ2) is 7.23. The van der Waals surface area contributed by atoms with E-state index in [1.807, 2.05) is 66.7 Å². The van der Waals surface area contributed by atoms with Gasteiger partial charge in [-0.05, 0) is 47.5 Å². The zero-order valence-electron chi connectivity index (χ0n) is 14.7. The van der Waals surface area contributed by atoms with Gasteiger partial charge in [0.1, 0.15) is 11.3 Å². The van der Waals surface area contributed by atoms with Gasteiger partial charge in [0, 0.05) is 28.6 Å². The van der Waals surface area contributed by atoms with Crippen LogP contribution in [0.15, 0.2) is 88.1 Å². The number of benzene rings is 3. The summed E-state index contributed by atoms with van der Waals surface area (Å²) in [7, 11) is 1.58. The first kappa shape index (κ1) is 16.7. The summed E-state index contributed by atoms with van der Waals surface area (Å²) in [5, 5.41) is 0.860. The molecule has 130 valence electrons. The number of fused-ring (bicyclic) bond motifs is 1. The predicted molar refractivity (Wildman–Crippen MR) is 107 cm³/mol. The molecular weight excluding hydrogens is 336 g/mol. The van der Waals surface area contributed by atoms with Crippen LogP contribution in [0, 0.1) is 11.8 Å². The number of rotatable bonds is 2. The average Bonchev–Trinajstić information content (AvgIpc) is 2.72. The van der Waals surface area contributed by atoms with Crippen molar-refractivity contribution in [1.29, 1.82) is 0 Å². The highest BCUT2D eigenvalue weighted by Crippen LogP contribution is 2.29. The fraction of sp³-hybridized carbons (Fsp3) is 0.0417. The molecular formula is C24H16O3. The number of hydrogen-bond donors (Lipinski definition) is 0. The number of methoxy groups -OCH3 is 1. The minimum absolute atomic E-state index is 0.390. The Morgan fingerprint density at radius 1 is 0.815 bits per heavy atom. The first-order valence-electron chi connectivity index (χ1n) is 8.52. The van der Waals surface area contributed by atoms with Crippen molar-refractivity contribution in [3.63, 3.8) is 0 Å². The van der Waals surface area contributed by atoms with E-state index < -0.39 is 5.63 Å². The maximum absolute atomic E-state index is 12.0. The Hall–Kier alpha value is -3.77. The summed E-state index contributed by atoms with van der Waals surface area (Å²) in [6.07, 6.45) is 0. The molecule has 0 bridgehead atoms. The van der Waals surface area contributed by atoms with Crippen molar-refractivity contribution < 1.29 is 9.15 Å². The van der Waals surface area contributed by atoms with Gasteiger partial charge in [-0.15, -0.1) is 0 Å². The Balaban J connectivity index is 1.72. The zero-order valence-corrected chi connectivity index (χ0v) is 14.7. The summed E-state index contributed by atoms with van der Waals surface area (Å²) in [6.45, 7) is 0. The first-order chi connectivity index (χ1) is 13.2. The second-order valence-corrected chi connectivity index (χ2v) is 6.03. The molecule has 0 saturated carbocycles. The van der Waals surface area contributed by atoms with Gasteiger partial charge in [0.25, 0.3) is 0 Å². The maximum atomic E-state index is 12.0. The lowest BCUT2D eigenvalue weighted by Crippen LogP contribution is -1.98. The molecule has 4 rings (SSSR count). The normalized spacial score (nSPS) is 10.3. The van der Waals surface area contributed by atoms with Crippen LogP contribution in [0.2, 0.25) is 0 Å². The third kappa shape index (κ3) is 3.61. The fourth-order valence-corrected chi connectivity index (χ4v) is 2.91. The van der Waals surface area contributed by atoms with E-state index in [1.165, 1.54) is 6.07 Å². The van der Waals surface area contributed by atoms with Crippen molar-refractivity contribution in [2.24, 2.45) is 0 Å². The van der Waals surface area contributed by atoms with Crippen LogP contribution in [-0.4, -0.2) is 7.11 Å². The molecule has 0 saturated heterocycles. The Kier molecular flexibility index (Phi) is 4.47. The minimum Gasteiger partial charge on any atom is -0.497 e. The van der Waals surface area contributed by atoms with E-state index >= 15 is 0 Å².